The number of nitrogens with zero attached hydrogens (tertiary/aromatic N) is 1. The quantitative estimate of drug-likeness (QED) is 0.118. The number of thiocarbonyl (C=S) groups is 1. The number of benzene rings is 3. The molecule has 3 N–H and O–H groups in total. The van der Waals surface area contributed by atoms with Crippen LogP contribution in [0.1, 0.15) is 36.6 Å². The molecule has 0 saturated carbocycles. The van der Waals surface area contributed by atoms with Crippen molar-refractivity contribution in [3.05, 3.63) is 105 Å². The second-order valence-electron chi connectivity index (χ2n) is 8.86. The lowest BCUT2D eigenvalue weighted by atomic mass is 9.95. The summed E-state index contributed by atoms with van der Waals surface area (Å²) >= 11 is 8.74. The molecule has 0 radical (unpaired) electrons. The standard InChI is InChI=1S/C30H29BrN4O5S/c1-3-38-29(37)27-19(2)33-30(41)34-28(27)23-9-5-7-11-25(23)40-18-26(36)35-32-16-21-8-4-6-10-24(21)39-17-20-12-14-22(31)15-13-20/h4-16,28H,3,17-18H2,1-2H3,(H,35,36)(H2,33,34,41)/t28-/m0/s1. The number of hydrazone groups is 1. The molecule has 11 heteroatoms. The Hall–Kier alpha value is -4.22. The van der Waals surface area contributed by atoms with Gasteiger partial charge in [-0.25, -0.2) is 10.2 Å². The van der Waals surface area contributed by atoms with Gasteiger partial charge in [0.15, 0.2) is 11.7 Å². The van der Waals surface area contributed by atoms with Crippen molar-refractivity contribution < 1.29 is 23.8 Å². The molecule has 41 heavy (non-hydrogen) atoms. The summed E-state index contributed by atoms with van der Waals surface area (Å²) in [5, 5.41) is 10.5. The maximum atomic E-state index is 12.7. The van der Waals surface area contributed by atoms with Gasteiger partial charge >= 0.3 is 5.97 Å². The van der Waals surface area contributed by atoms with Crippen LogP contribution < -0.4 is 25.5 Å². The Labute approximate surface area is 252 Å². The van der Waals surface area contributed by atoms with E-state index in [4.69, 9.17) is 26.4 Å². The minimum Gasteiger partial charge on any atom is -0.488 e. The van der Waals surface area contributed by atoms with Crippen molar-refractivity contribution in [2.24, 2.45) is 5.10 Å². The van der Waals surface area contributed by atoms with E-state index in [1.54, 1.807) is 32.0 Å². The lowest BCUT2D eigenvalue weighted by Gasteiger charge is -2.30. The van der Waals surface area contributed by atoms with Gasteiger partial charge in [0.2, 0.25) is 0 Å². The average Bonchev–Trinajstić information content (AvgIpc) is 2.96. The number of amides is 1. The molecule has 0 fully saturated rings. The summed E-state index contributed by atoms with van der Waals surface area (Å²) in [6, 6.07) is 21.8. The van der Waals surface area contributed by atoms with Crippen molar-refractivity contribution in [2.45, 2.75) is 26.5 Å². The van der Waals surface area contributed by atoms with Crippen LogP contribution in [0.5, 0.6) is 11.5 Å². The molecule has 0 bridgehead atoms. The third-order valence-corrected chi connectivity index (χ3v) is 6.72. The fraction of sp³-hybridized carbons (Fsp3) is 0.200. The number of carbonyl (C=O) groups excluding carboxylic acids is 2. The number of rotatable bonds is 11. The normalized spacial score (nSPS) is 14.7. The van der Waals surface area contributed by atoms with Gasteiger partial charge in [0, 0.05) is 21.3 Å². The van der Waals surface area contributed by atoms with Crippen molar-refractivity contribution in [3.8, 4) is 11.5 Å². The monoisotopic (exact) mass is 636 g/mol. The molecule has 0 spiro atoms. The summed E-state index contributed by atoms with van der Waals surface area (Å²) in [4.78, 5) is 25.3. The molecule has 1 aliphatic heterocycles. The highest BCUT2D eigenvalue weighted by atomic mass is 79.9. The number of hydrogen-bond acceptors (Lipinski definition) is 7. The lowest BCUT2D eigenvalue weighted by Crippen LogP contribution is -2.45. The topological polar surface area (TPSA) is 110 Å². The van der Waals surface area contributed by atoms with E-state index in [1.165, 1.54) is 6.21 Å². The molecule has 1 atom stereocenters. The van der Waals surface area contributed by atoms with Crippen molar-refractivity contribution in [3.63, 3.8) is 0 Å². The van der Waals surface area contributed by atoms with Gasteiger partial charge in [0.1, 0.15) is 18.1 Å². The Morgan fingerprint density at radius 2 is 1.73 bits per heavy atom. The molecule has 0 aliphatic carbocycles. The Morgan fingerprint density at radius 3 is 2.49 bits per heavy atom. The van der Waals surface area contributed by atoms with Crippen molar-refractivity contribution in [1.82, 2.24) is 16.1 Å². The van der Waals surface area contributed by atoms with Gasteiger partial charge in [-0.1, -0.05) is 58.4 Å². The molecule has 1 heterocycles. The molecule has 1 aliphatic rings. The maximum absolute atomic E-state index is 12.7. The number of ether oxygens (including phenoxy) is 3. The van der Waals surface area contributed by atoms with E-state index >= 15 is 0 Å². The summed E-state index contributed by atoms with van der Waals surface area (Å²) < 4.78 is 18.0. The van der Waals surface area contributed by atoms with Gasteiger partial charge in [-0.2, -0.15) is 5.10 Å². The second kappa shape index (κ2) is 14.4. The first kappa shape index (κ1) is 29.8. The highest BCUT2D eigenvalue weighted by Crippen LogP contribution is 2.33. The van der Waals surface area contributed by atoms with E-state index in [0.29, 0.717) is 45.6 Å². The predicted molar refractivity (Wildman–Crippen MR) is 164 cm³/mol. The third-order valence-electron chi connectivity index (χ3n) is 5.97. The van der Waals surface area contributed by atoms with Crippen LogP contribution in [-0.4, -0.2) is 36.4 Å². The summed E-state index contributed by atoms with van der Waals surface area (Å²) in [5.74, 6) is 0.109. The second-order valence-corrected chi connectivity index (χ2v) is 10.2. The summed E-state index contributed by atoms with van der Waals surface area (Å²) in [5.41, 5.74) is 5.80. The van der Waals surface area contributed by atoms with Gasteiger partial charge in [-0.3, -0.25) is 4.79 Å². The fourth-order valence-electron chi connectivity index (χ4n) is 4.07. The molecule has 3 aromatic rings. The zero-order valence-corrected chi connectivity index (χ0v) is 24.9. The van der Waals surface area contributed by atoms with Crippen molar-refractivity contribution in [1.29, 1.82) is 0 Å². The van der Waals surface area contributed by atoms with Crippen molar-refractivity contribution in [2.75, 3.05) is 13.2 Å². The van der Waals surface area contributed by atoms with Crippen LogP contribution in [0.15, 0.2) is 93.6 Å². The lowest BCUT2D eigenvalue weighted by molar-refractivity contribution is -0.139. The Morgan fingerprint density at radius 1 is 1.02 bits per heavy atom. The van der Waals surface area contributed by atoms with Crippen LogP contribution in [-0.2, 0) is 20.9 Å². The smallest absolute Gasteiger partial charge is 0.338 e. The van der Waals surface area contributed by atoms with Crippen molar-refractivity contribution >= 4 is 51.4 Å². The number of esters is 1. The first-order valence-electron chi connectivity index (χ1n) is 12.8. The third kappa shape index (κ3) is 8.15. The fourth-order valence-corrected chi connectivity index (χ4v) is 4.60. The van der Waals surface area contributed by atoms with Gasteiger partial charge in [-0.15, -0.1) is 0 Å². The van der Waals surface area contributed by atoms with Gasteiger partial charge in [-0.05, 0) is 62.0 Å². The molecule has 0 unspecified atom stereocenters. The number of para-hydroxylation sites is 2. The van der Waals surface area contributed by atoms with E-state index < -0.39 is 17.9 Å². The van der Waals surface area contributed by atoms with E-state index in [9.17, 15) is 9.59 Å². The SMILES string of the molecule is CCOC(=O)C1=C(C)NC(=S)N[C@H]1c1ccccc1OCC(=O)NN=Cc1ccccc1OCc1ccc(Br)cc1. The van der Waals surface area contributed by atoms with Crippen LogP contribution >= 0.6 is 28.1 Å². The first-order valence-corrected chi connectivity index (χ1v) is 14.0. The highest BCUT2D eigenvalue weighted by Gasteiger charge is 2.32. The maximum Gasteiger partial charge on any atom is 0.338 e. The highest BCUT2D eigenvalue weighted by molar-refractivity contribution is 9.10. The molecule has 0 saturated heterocycles. The summed E-state index contributed by atoms with van der Waals surface area (Å²) in [6.45, 7) is 3.81. The Kier molecular flexibility index (Phi) is 10.5. The van der Waals surface area contributed by atoms with Gasteiger partial charge < -0.3 is 24.8 Å². The number of allylic oxidation sites excluding steroid dienone is 1. The van der Waals surface area contributed by atoms with E-state index in [-0.39, 0.29) is 13.2 Å². The van der Waals surface area contributed by atoms with Gasteiger partial charge in [0.25, 0.3) is 5.91 Å². The van der Waals surface area contributed by atoms with E-state index in [0.717, 1.165) is 10.0 Å². The molecular formula is C30H29BrN4O5S. The van der Waals surface area contributed by atoms with Crippen LogP contribution in [0, 0.1) is 0 Å². The number of halogens is 1. The van der Waals surface area contributed by atoms with Crippen LogP contribution in [0.3, 0.4) is 0 Å². The number of nitrogens with one attached hydrogen (secondary N) is 3. The molecule has 1 amide bonds. The number of carbonyl (C=O) groups is 2. The Bertz CT molecular complexity index is 1480. The largest absolute Gasteiger partial charge is 0.488 e. The molecule has 4 rings (SSSR count). The predicted octanol–water partition coefficient (Wildman–Crippen LogP) is 4.91. The van der Waals surface area contributed by atoms with Crippen LogP contribution in [0.25, 0.3) is 0 Å². The zero-order valence-electron chi connectivity index (χ0n) is 22.5. The molecule has 9 nitrogen and oxygen atoms in total. The van der Waals surface area contributed by atoms with Gasteiger partial charge in [0.05, 0.1) is 24.4 Å². The molecule has 212 valence electrons. The minimum atomic E-state index is -0.617. The Balaban J connectivity index is 1.39. The van der Waals surface area contributed by atoms with Crippen LogP contribution in [0.4, 0.5) is 0 Å². The minimum absolute atomic E-state index is 0.230. The zero-order chi connectivity index (χ0) is 29.2. The number of hydrogen-bond donors (Lipinski definition) is 3. The summed E-state index contributed by atoms with van der Waals surface area (Å²) in [6.07, 6.45) is 1.52. The van der Waals surface area contributed by atoms with E-state index in [1.807, 2.05) is 54.6 Å². The average molecular weight is 638 g/mol. The molecule has 0 aromatic heterocycles. The molecular weight excluding hydrogens is 608 g/mol. The summed E-state index contributed by atoms with van der Waals surface area (Å²) in [7, 11) is 0. The van der Waals surface area contributed by atoms with E-state index in [2.05, 4.69) is 37.1 Å². The van der Waals surface area contributed by atoms with Crippen LogP contribution in [0.2, 0.25) is 0 Å². The molecule has 3 aromatic carbocycles. The first-order chi connectivity index (χ1) is 19.9.